The second-order valence-corrected chi connectivity index (χ2v) is 8.44. The molecule has 2 saturated heterocycles. The van der Waals surface area contributed by atoms with E-state index in [1.807, 2.05) is 30.3 Å². The van der Waals surface area contributed by atoms with E-state index in [9.17, 15) is 8.42 Å². The third-order valence-corrected chi connectivity index (χ3v) is 6.75. The van der Waals surface area contributed by atoms with Gasteiger partial charge in [-0.25, -0.2) is 0 Å². The summed E-state index contributed by atoms with van der Waals surface area (Å²) in [5.41, 5.74) is 0.819. The first-order chi connectivity index (χ1) is 12.6. The maximum absolute atomic E-state index is 12.9. The van der Waals surface area contributed by atoms with E-state index in [-0.39, 0.29) is 6.54 Å². The van der Waals surface area contributed by atoms with E-state index in [0.717, 1.165) is 24.8 Å². The zero-order chi connectivity index (χ0) is 18.0. The van der Waals surface area contributed by atoms with Gasteiger partial charge in [-0.3, -0.25) is 0 Å². The maximum Gasteiger partial charge on any atom is 0.282 e. The summed E-state index contributed by atoms with van der Waals surface area (Å²) in [7, 11) is -3.47. The topological polar surface area (TPSA) is 88.8 Å². The molecule has 9 heteroatoms. The van der Waals surface area contributed by atoms with Gasteiger partial charge < -0.3 is 9.26 Å². The van der Waals surface area contributed by atoms with Crippen LogP contribution in [0.15, 0.2) is 34.9 Å². The Morgan fingerprint density at radius 3 is 2.54 bits per heavy atom. The fraction of sp³-hybridized carbons (Fsp3) is 0.529. The second-order valence-electron chi connectivity index (χ2n) is 6.51. The van der Waals surface area contributed by atoms with Gasteiger partial charge in [0.2, 0.25) is 5.82 Å². The van der Waals surface area contributed by atoms with Gasteiger partial charge in [-0.15, -0.1) is 0 Å². The predicted octanol–water partition coefficient (Wildman–Crippen LogP) is 1.84. The predicted molar refractivity (Wildman–Crippen MR) is 94.3 cm³/mol. The van der Waals surface area contributed by atoms with Crippen LogP contribution in [0, 0.1) is 0 Å². The Kier molecular flexibility index (Phi) is 5.03. The lowest BCUT2D eigenvalue weighted by Crippen LogP contribution is -2.50. The Morgan fingerprint density at radius 1 is 1.00 bits per heavy atom. The summed E-state index contributed by atoms with van der Waals surface area (Å²) in [5.74, 6) is 0.780. The van der Waals surface area contributed by atoms with Crippen molar-refractivity contribution < 1.29 is 17.7 Å². The summed E-state index contributed by atoms with van der Waals surface area (Å²) in [6, 6.07) is 9.46. The zero-order valence-electron chi connectivity index (χ0n) is 14.5. The highest BCUT2D eigenvalue weighted by Crippen LogP contribution is 2.26. The molecular formula is C17H22N4O4S. The highest BCUT2D eigenvalue weighted by atomic mass is 32.2. The first kappa shape index (κ1) is 17.6. The first-order valence-electron chi connectivity index (χ1n) is 8.90. The van der Waals surface area contributed by atoms with Gasteiger partial charge in [0.05, 0.1) is 6.61 Å². The lowest BCUT2D eigenvalue weighted by atomic mass is 10.2. The largest absolute Gasteiger partial charge is 0.367 e. The van der Waals surface area contributed by atoms with Crippen molar-refractivity contribution in [2.45, 2.75) is 25.4 Å². The summed E-state index contributed by atoms with van der Waals surface area (Å²) in [4.78, 5) is 4.40. The number of aromatic nitrogens is 2. The molecule has 2 aromatic rings. The highest BCUT2D eigenvalue weighted by Gasteiger charge is 2.36. The van der Waals surface area contributed by atoms with E-state index >= 15 is 0 Å². The number of hydrogen-bond donors (Lipinski definition) is 0. The molecule has 3 heterocycles. The van der Waals surface area contributed by atoms with Gasteiger partial charge in [-0.1, -0.05) is 29.8 Å². The Labute approximate surface area is 152 Å². The van der Waals surface area contributed by atoms with E-state index in [4.69, 9.17) is 9.26 Å². The van der Waals surface area contributed by atoms with E-state index in [1.54, 1.807) is 4.31 Å². The summed E-state index contributed by atoms with van der Waals surface area (Å²) < 4.78 is 39.8. The highest BCUT2D eigenvalue weighted by molar-refractivity contribution is 7.86. The molecule has 0 bridgehead atoms. The molecule has 0 aliphatic carbocycles. The monoisotopic (exact) mass is 378 g/mol. The van der Waals surface area contributed by atoms with E-state index in [1.165, 1.54) is 4.31 Å². The molecule has 8 nitrogen and oxygen atoms in total. The average molecular weight is 378 g/mol. The normalized spacial score (nSPS) is 23.2. The molecule has 2 fully saturated rings. The number of nitrogens with zero attached hydrogens (tertiary/aromatic N) is 4. The van der Waals surface area contributed by atoms with Crippen LogP contribution < -0.4 is 0 Å². The van der Waals surface area contributed by atoms with E-state index in [2.05, 4.69) is 10.1 Å². The molecule has 0 radical (unpaired) electrons. The van der Waals surface area contributed by atoms with Crippen LogP contribution in [0.4, 0.5) is 0 Å². The average Bonchev–Trinajstić information content (AvgIpc) is 3.20. The van der Waals surface area contributed by atoms with Crippen LogP contribution in [0.2, 0.25) is 0 Å². The molecule has 4 rings (SSSR count). The number of benzene rings is 1. The fourth-order valence-corrected chi connectivity index (χ4v) is 4.99. The van der Waals surface area contributed by atoms with Crippen LogP contribution in [-0.2, 0) is 14.9 Å². The molecular weight excluding hydrogens is 356 g/mol. The lowest BCUT2D eigenvalue weighted by Gasteiger charge is -2.35. The van der Waals surface area contributed by atoms with Gasteiger partial charge in [-0.05, 0) is 25.0 Å². The summed E-state index contributed by atoms with van der Waals surface area (Å²) in [6.45, 7) is 2.04. The minimum absolute atomic E-state index is 0.201. The standard InChI is InChI=1S/C17H22N4O4S/c22-26(23,20-9-5-2-6-10-20)21-11-12-24-15(13-21)16-18-17(25-19-16)14-7-3-1-4-8-14/h1,3-4,7-8,15H,2,5-6,9-13H2. The number of hydrogen-bond acceptors (Lipinski definition) is 6. The smallest absolute Gasteiger partial charge is 0.282 e. The Balaban J connectivity index is 1.49. The van der Waals surface area contributed by atoms with Crippen LogP contribution >= 0.6 is 0 Å². The quantitative estimate of drug-likeness (QED) is 0.807. The SMILES string of the molecule is O=S(=O)(N1CCCCC1)N1CCOC(c2noc(-c3ccccc3)n2)C1. The molecule has 1 atom stereocenters. The number of piperidine rings is 1. The number of morpholine rings is 1. The van der Waals surface area contributed by atoms with Gasteiger partial charge in [0, 0.05) is 31.7 Å². The summed E-state index contributed by atoms with van der Waals surface area (Å²) in [6.07, 6.45) is 2.39. The molecule has 140 valence electrons. The first-order valence-corrected chi connectivity index (χ1v) is 10.3. The Hall–Kier alpha value is -1.81. The molecule has 1 aromatic carbocycles. The molecule has 2 aliphatic rings. The van der Waals surface area contributed by atoms with Crippen molar-refractivity contribution in [1.29, 1.82) is 0 Å². The number of ether oxygens (including phenoxy) is 1. The van der Waals surface area contributed by atoms with Crippen molar-refractivity contribution in [3.8, 4) is 11.5 Å². The lowest BCUT2D eigenvalue weighted by molar-refractivity contribution is -0.0104. The van der Waals surface area contributed by atoms with Crippen molar-refractivity contribution in [2.24, 2.45) is 0 Å². The molecule has 0 amide bonds. The van der Waals surface area contributed by atoms with Crippen LogP contribution in [0.5, 0.6) is 0 Å². The molecule has 0 saturated carbocycles. The molecule has 1 aromatic heterocycles. The van der Waals surface area contributed by atoms with Crippen molar-refractivity contribution in [1.82, 2.24) is 18.8 Å². The van der Waals surface area contributed by atoms with Crippen LogP contribution in [0.1, 0.15) is 31.2 Å². The van der Waals surface area contributed by atoms with E-state index in [0.29, 0.717) is 38.0 Å². The van der Waals surface area contributed by atoms with E-state index < -0.39 is 16.3 Å². The van der Waals surface area contributed by atoms with Gasteiger partial charge >= 0.3 is 0 Å². The third-order valence-electron chi connectivity index (χ3n) is 4.75. The maximum atomic E-state index is 12.9. The molecule has 0 N–H and O–H groups in total. The Bertz CT molecular complexity index is 833. The second kappa shape index (κ2) is 7.43. The molecule has 0 spiro atoms. The van der Waals surface area contributed by atoms with Crippen LogP contribution in [0.25, 0.3) is 11.5 Å². The summed E-state index contributed by atoms with van der Waals surface area (Å²) >= 11 is 0. The van der Waals surface area contributed by atoms with Gasteiger partial charge in [0.15, 0.2) is 0 Å². The molecule has 26 heavy (non-hydrogen) atoms. The van der Waals surface area contributed by atoms with Gasteiger partial charge in [-0.2, -0.15) is 22.0 Å². The van der Waals surface area contributed by atoms with Crippen molar-refractivity contribution in [3.63, 3.8) is 0 Å². The third kappa shape index (κ3) is 3.52. The Morgan fingerprint density at radius 2 is 1.77 bits per heavy atom. The van der Waals surface area contributed by atoms with Gasteiger partial charge in [0.1, 0.15) is 6.10 Å². The summed E-state index contributed by atoms with van der Waals surface area (Å²) in [5, 5.41) is 4.00. The molecule has 1 unspecified atom stereocenters. The van der Waals surface area contributed by atoms with Crippen molar-refractivity contribution in [2.75, 3.05) is 32.8 Å². The van der Waals surface area contributed by atoms with Crippen molar-refractivity contribution >= 4 is 10.2 Å². The number of rotatable bonds is 4. The molecule has 2 aliphatic heterocycles. The van der Waals surface area contributed by atoms with Crippen LogP contribution in [-0.4, -0.2) is 60.0 Å². The minimum Gasteiger partial charge on any atom is -0.367 e. The fourth-order valence-electron chi connectivity index (χ4n) is 3.31. The minimum atomic E-state index is -3.47. The van der Waals surface area contributed by atoms with Crippen LogP contribution in [0.3, 0.4) is 0 Å². The van der Waals surface area contributed by atoms with Crippen molar-refractivity contribution in [3.05, 3.63) is 36.2 Å². The zero-order valence-corrected chi connectivity index (χ0v) is 15.3. The van der Waals surface area contributed by atoms with Gasteiger partial charge in [0.25, 0.3) is 16.1 Å².